The van der Waals surface area contributed by atoms with E-state index in [4.69, 9.17) is 10.6 Å². The van der Waals surface area contributed by atoms with Crippen molar-refractivity contribution in [3.05, 3.63) is 0 Å². The highest BCUT2D eigenvalue weighted by molar-refractivity contribution is 4.82. The maximum atomic E-state index is 5.85. The lowest BCUT2D eigenvalue weighted by molar-refractivity contribution is -0.204. The van der Waals surface area contributed by atoms with Crippen LogP contribution in [0.1, 0.15) is 32.1 Å². The molecule has 0 aromatic carbocycles. The quantitative estimate of drug-likeness (QED) is 0.635. The van der Waals surface area contributed by atoms with Crippen molar-refractivity contribution in [3.63, 3.8) is 0 Å². The topological polar surface area (TPSA) is 38.5 Å². The molecule has 2 atom stereocenters. The third kappa shape index (κ3) is 1.79. The van der Waals surface area contributed by atoms with Crippen LogP contribution in [-0.2, 0) is 4.84 Å². The van der Waals surface area contributed by atoms with E-state index >= 15 is 0 Å². The van der Waals surface area contributed by atoms with Gasteiger partial charge in [-0.1, -0.05) is 0 Å². The fraction of sp³-hybridized carbons (Fsp3) is 1.00. The first-order valence-electron chi connectivity index (χ1n) is 5.01. The number of hydrogen-bond donors (Lipinski definition) is 1. The lowest BCUT2D eigenvalue weighted by atomic mass is 10.2. The summed E-state index contributed by atoms with van der Waals surface area (Å²) in [6.07, 6.45) is 6.02. The molecule has 0 amide bonds. The van der Waals surface area contributed by atoms with Gasteiger partial charge in [-0.3, -0.25) is 4.84 Å². The maximum Gasteiger partial charge on any atom is 0.0685 e. The van der Waals surface area contributed by atoms with Gasteiger partial charge < -0.3 is 5.73 Å². The Hall–Kier alpha value is -0.120. The van der Waals surface area contributed by atoms with Crippen LogP contribution in [-0.4, -0.2) is 30.3 Å². The average Bonchev–Trinajstić information content (AvgIpc) is 2.54. The Morgan fingerprint density at radius 2 is 2.17 bits per heavy atom. The summed E-state index contributed by atoms with van der Waals surface area (Å²) in [4.78, 5) is 5.59. The van der Waals surface area contributed by atoms with Crippen molar-refractivity contribution >= 4 is 0 Å². The molecule has 1 aliphatic carbocycles. The third-order valence-electron chi connectivity index (χ3n) is 2.88. The largest absolute Gasteiger partial charge is 0.328 e. The summed E-state index contributed by atoms with van der Waals surface area (Å²) in [7, 11) is 0. The molecule has 0 aromatic heterocycles. The molecule has 2 N–H and O–H groups in total. The summed E-state index contributed by atoms with van der Waals surface area (Å²) in [6, 6.07) is 1.03. The van der Waals surface area contributed by atoms with Crippen molar-refractivity contribution in [1.29, 1.82) is 0 Å². The number of rotatable bonds is 1. The van der Waals surface area contributed by atoms with Gasteiger partial charge in [0.1, 0.15) is 0 Å². The molecular formula is C9H18N2O. The molecule has 12 heavy (non-hydrogen) atoms. The van der Waals surface area contributed by atoms with Gasteiger partial charge in [0.05, 0.1) is 6.61 Å². The van der Waals surface area contributed by atoms with Gasteiger partial charge in [-0.25, -0.2) is 0 Å². The van der Waals surface area contributed by atoms with Crippen LogP contribution in [0.2, 0.25) is 0 Å². The summed E-state index contributed by atoms with van der Waals surface area (Å²) in [6.45, 7) is 2.02. The molecule has 3 nitrogen and oxygen atoms in total. The van der Waals surface area contributed by atoms with Gasteiger partial charge in [0.15, 0.2) is 0 Å². The first kappa shape index (κ1) is 8.48. The van der Waals surface area contributed by atoms with E-state index in [-0.39, 0.29) is 0 Å². The number of hydroxylamine groups is 2. The van der Waals surface area contributed by atoms with Crippen LogP contribution in [0.5, 0.6) is 0 Å². The second kappa shape index (κ2) is 3.73. The highest BCUT2D eigenvalue weighted by atomic mass is 16.7. The van der Waals surface area contributed by atoms with Gasteiger partial charge in [0, 0.05) is 18.6 Å². The van der Waals surface area contributed by atoms with Crippen LogP contribution in [0.3, 0.4) is 0 Å². The van der Waals surface area contributed by atoms with E-state index in [1.54, 1.807) is 0 Å². The van der Waals surface area contributed by atoms with Crippen LogP contribution in [0, 0.1) is 0 Å². The second-order valence-electron chi connectivity index (χ2n) is 3.91. The molecule has 1 heterocycles. The van der Waals surface area contributed by atoms with Gasteiger partial charge in [-0.2, -0.15) is 5.06 Å². The van der Waals surface area contributed by atoms with Gasteiger partial charge in [0.2, 0.25) is 0 Å². The van der Waals surface area contributed by atoms with Gasteiger partial charge in [-0.15, -0.1) is 0 Å². The Balaban J connectivity index is 1.83. The summed E-state index contributed by atoms with van der Waals surface area (Å²) < 4.78 is 0. The van der Waals surface area contributed by atoms with Gasteiger partial charge in [-0.05, 0) is 32.1 Å². The zero-order valence-corrected chi connectivity index (χ0v) is 7.54. The standard InChI is InChI=1S/C9H18N2O/c10-8-3-4-9(7-8)11-5-1-2-6-12-11/h8-9H,1-7,10H2. The summed E-state index contributed by atoms with van der Waals surface area (Å²) in [5, 5.41) is 2.16. The number of nitrogens with two attached hydrogens (primary N) is 1. The van der Waals surface area contributed by atoms with E-state index in [0.717, 1.165) is 19.6 Å². The predicted octanol–water partition coefficient (Wildman–Crippen LogP) is 0.894. The molecular weight excluding hydrogens is 152 g/mol. The molecule has 0 radical (unpaired) electrons. The summed E-state index contributed by atoms with van der Waals surface area (Å²) in [5.41, 5.74) is 5.85. The third-order valence-corrected chi connectivity index (χ3v) is 2.88. The van der Waals surface area contributed by atoms with E-state index in [2.05, 4.69) is 5.06 Å². The number of nitrogens with zero attached hydrogens (tertiary/aromatic N) is 1. The molecule has 2 fully saturated rings. The van der Waals surface area contributed by atoms with Crippen molar-refractivity contribution < 1.29 is 4.84 Å². The second-order valence-corrected chi connectivity index (χ2v) is 3.91. The minimum absolute atomic E-state index is 0.417. The van der Waals surface area contributed by atoms with E-state index in [1.165, 1.54) is 25.7 Å². The fourth-order valence-electron chi connectivity index (χ4n) is 2.16. The first-order chi connectivity index (χ1) is 5.86. The van der Waals surface area contributed by atoms with Crippen molar-refractivity contribution in [2.45, 2.75) is 44.2 Å². The van der Waals surface area contributed by atoms with Crippen molar-refractivity contribution in [3.8, 4) is 0 Å². The normalized spacial score (nSPS) is 38.8. The Labute approximate surface area is 73.8 Å². The van der Waals surface area contributed by atoms with Gasteiger partial charge in [0.25, 0.3) is 0 Å². The molecule has 1 aliphatic heterocycles. The lowest BCUT2D eigenvalue weighted by Crippen LogP contribution is -2.38. The molecule has 2 rings (SSSR count). The van der Waals surface area contributed by atoms with Crippen LogP contribution < -0.4 is 5.73 Å². The fourth-order valence-corrected chi connectivity index (χ4v) is 2.16. The van der Waals surface area contributed by atoms with Crippen LogP contribution in [0.25, 0.3) is 0 Å². The molecule has 2 aliphatic rings. The molecule has 70 valence electrons. The highest BCUT2D eigenvalue weighted by Gasteiger charge is 2.28. The zero-order chi connectivity index (χ0) is 8.39. The maximum absolute atomic E-state index is 5.85. The van der Waals surface area contributed by atoms with E-state index in [9.17, 15) is 0 Å². The number of hydrogen-bond acceptors (Lipinski definition) is 3. The minimum atomic E-state index is 0.417. The first-order valence-corrected chi connectivity index (χ1v) is 5.01. The van der Waals surface area contributed by atoms with Crippen molar-refractivity contribution in [2.24, 2.45) is 5.73 Å². The van der Waals surface area contributed by atoms with E-state index in [1.807, 2.05) is 0 Å². The highest BCUT2D eigenvalue weighted by Crippen LogP contribution is 2.24. The van der Waals surface area contributed by atoms with Crippen molar-refractivity contribution in [2.75, 3.05) is 13.2 Å². The van der Waals surface area contributed by atoms with Crippen molar-refractivity contribution in [1.82, 2.24) is 5.06 Å². The van der Waals surface area contributed by atoms with Crippen LogP contribution in [0.15, 0.2) is 0 Å². The molecule has 1 saturated heterocycles. The van der Waals surface area contributed by atoms with E-state index in [0.29, 0.717) is 12.1 Å². The average molecular weight is 170 g/mol. The molecule has 3 heteroatoms. The van der Waals surface area contributed by atoms with Crippen LogP contribution >= 0.6 is 0 Å². The molecule has 0 aromatic rings. The molecule has 1 saturated carbocycles. The summed E-state index contributed by atoms with van der Waals surface area (Å²) in [5.74, 6) is 0. The monoisotopic (exact) mass is 170 g/mol. The molecule has 0 bridgehead atoms. The van der Waals surface area contributed by atoms with Gasteiger partial charge >= 0.3 is 0 Å². The predicted molar refractivity (Wildman–Crippen MR) is 47.5 cm³/mol. The zero-order valence-electron chi connectivity index (χ0n) is 7.54. The Morgan fingerprint density at radius 1 is 1.25 bits per heavy atom. The lowest BCUT2D eigenvalue weighted by Gasteiger charge is -2.31. The van der Waals surface area contributed by atoms with E-state index < -0.39 is 0 Å². The Bertz CT molecular complexity index is 143. The Kier molecular flexibility index (Phi) is 2.63. The SMILES string of the molecule is NC1CCC(N2CCCCO2)C1. The Morgan fingerprint density at radius 3 is 2.75 bits per heavy atom. The van der Waals surface area contributed by atoms with Crippen LogP contribution in [0.4, 0.5) is 0 Å². The minimum Gasteiger partial charge on any atom is -0.328 e. The molecule has 2 unspecified atom stereocenters. The summed E-state index contributed by atoms with van der Waals surface area (Å²) >= 11 is 0. The molecule has 0 spiro atoms. The smallest absolute Gasteiger partial charge is 0.0685 e.